The summed E-state index contributed by atoms with van der Waals surface area (Å²) in [4.78, 5) is 19.5. The summed E-state index contributed by atoms with van der Waals surface area (Å²) >= 11 is 0. The molecule has 1 atom stereocenters. The van der Waals surface area contributed by atoms with Gasteiger partial charge < -0.3 is 14.7 Å². The molecule has 6 heteroatoms. The highest BCUT2D eigenvalue weighted by molar-refractivity contribution is 5.94. The fourth-order valence-electron chi connectivity index (χ4n) is 3.20. The Morgan fingerprint density at radius 3 is 2.74 bits per heavy atom. The summed E-state index contributed by atoms with van der Waals surface area (Å²) in [5.41, 5.74) is 0.514. The van der Waals surface area contributed by atoms with E-state index in [0.717, 1.165) is 30.9 Å². The van der Waals surface area contributed by atoms with Crippen LogP contribution in [0.5, 0.6) is 0 Å². The maximum atomic E-state index is 12.7. The topological polar surface area (TPSA) is 70.7 Å². The average molecular weight is 318 g/mol. The summed E-state index contributed by atoms with van der Waals surface area (Å²) in [6.45, 7) is 11.2. The molecule has 0 aromatic carbocycles. The molecule has 1 amide bonds. The number of nitrogens with one attached hydrogen (secondary N) is 1. The summed E-state index contributed by atoms with van der Waals surface area (Å²) in [6.07, 6.45) is 2.23. The van der Waals surface area contributed by atoms with Crippen LogP contribution in [0.2, 0.25) is 0 Å². The van der Waals surface area contributed by atoms with Crippen LogP contribution in [-0.2, 0) is 11.2 Å². The van der Waals surface area contributed by atoms with E-state index in [1.54, 1.807) is 0 Å². The van der Waals surface area contributed by atoms with Gasteiger partial charge in [-0.15, -0.1) is 0 Å². The van der Waals surface area contributed by atoms with Gasteiger partial charge in [0.05, 0.1) is 29.2 Å². The molecule has 0 spiro atoms. The average Bonchev–Trinajstić information content (AvgIpc) is 3.09. The van der Waals surface area contributed by atoms with Crippen LogP contribution in [0.1, 0.15) is 52.0 Å². The smallest absolute Gasteiger partial charge is 0.230 e. The molecule has 1 N–H and O–H groups in total. The van der Waals surface area contributed by atoms with Crippen LogP contribution < -0.4 is 5.32 Å². The van der Waals surface area contributed by atoms with Gasteiger partial charge in [-0.2, -0.15) is 0 Å². The van der Waals surface area contributed by atoms with Crippen molar-refractivity contribution in [3.05, 3.63) is 17.5 Å². The van der Waals surface area contributed by atoms with Crippen molar-refractivity contribution in [1.82, 2.24) is 15.4 Å². The molecule has 0 aliphatic carbocycles. The zero-order chi connectivity index (χ0) is 16.8. The predicted octanol–water partition coefficient (Wildman–Crippen LogP) is 2.08. The van der Waals surface area contributed by atoms with E-state index in [4.69, 9.17) is 9.52 Å². The maximum Gasteiger partial charge on any atom is 0.230 e. The molecule has 23 heavy (non-hydrogen) atoms. The zero-order valence-corrected chi connectivity index (χ0v) is 14.6. The monoisotopic (exact) mass is 318 g/mol. The van der Waals surface area contributed by atoms with Gasteiger partial charge in [0, 0.05) is 12.6 Å². The van der Waals surface area contributed by atoms with Crippen molar-refractivity contribution in [2.75, 3.05) is 6.54 Å². The lowest BCUT2D eigenvalue weighted by molar-refractivity contribution is -0.130. The lowest BCUT2D eigenvalue weighted by Crippen LogP contribution is -2.53. The van der Waals surface area contributed by atoms with Gasteiger partial charge in [0.15, 0.2) is 0 Å². The first-order valence-corrected chi connectivity index (χ1v) is 8.29. The molecular weight excluding hydrogens is 292 g/mol. The third-order valence-electron chi connectivity index (χ3n) is 5.26. The molecule has 3 rings (SSSR count). The Morgan fingerprint density at radius 2 is 2.17 bits per heavy atom. The summed E-state index contributed by atoms with van der Waals surface area (Å²) in [5.74, 6) is 1.65. The number of hydrogen-bond acceptors (Lipinski definition) is 5. The van der Waals surface area contributed by atoms with Crippen molar-refractivity contribution >= 4 is 11.7 Å². The number of carbonyl (C=O) groups is 1. The minimum atomic E-state index is -0.179. The van der Waals surface area contributed by atoms with E-state index in [-0.39, 0.29) is 29.4 Å². The van der Waals surface area contributed by atoms with Gasteiger partial charge in [-0.25, -0.2) is 0 Å². The number of nitrogens with zero attached hydrogens (tertiary/aromatic N) is 3. The number of amides is 1. The second-order valence-corrected chi connectivity index (χ2v) is 7.66. The molecule has 0 radical (unpaired) electrons. The minimum Gasteiger partial charge on any atom is -0.365 e. The normalized spacial score (nSPS) is 25.3. The summed E-state index contributed by atoms with van der Waals surface area (Å²) in [5, 5.41) is 7.38. The minimum absolute atomic E-state index is 0.0487. The van der Waals surface area contributed by atoms with Gasteiger partial charge in [0.25, 0.3) is 0 Å². The van der Waals surface area contributed by atoms with Crippen molar-refractivity contribution in [2.45, 2.75) is 71.0 Å². The summed E-state index contributed by atoms with van der Waals surface area (Å²) in [7, 11) is 0. The number of amidine groups is 1. The molecule has 126 valence electrons. The molecule has 1 fully saturated rings. The Balaban J connectivity index is 1.75. The van der Waals surface area contributed by atoms with Crippen LogP contribution in [0.15, 0.2) is 15.6 Å². The van der Waals surface area contributed by atoms with E-state index in [1.807, 2.05) is 17.9 Å². The molecule has 2 aliphatic heterocycles. The van der Waals surface area contributed by atoms with Gasteiger partial charge in [-0.05, 0) is 47.5 Å². The largest absolute Gasteiger partial charge is 0.365 e. The van der Waals surface area contributed by atoms with Crippen LogP contribution >= 0.6 is 0 Å². The van der Waals surface area contributed by atoms with Crippen LogP contribution in [0.4, 0.5) is 0 Å². The van der Waals surface area contributed by atoms with Crippen molar-refractivity contribution in [1.29, 1.82) is 0 Å². The highest BCUT2D eigenvalue weighted by Gasteiger charge is 2.46. The van der Waals surface area contributed by atoms with Crippen LogP contribution in [-0.4, -0.2) is 45.5 Å². The summed E-state index contributed by atoms with van der Waals surface area (Å²) in [6, 6.07) is 1.87. The fourth-order valence-corrected chi connectivity index (χ4v) is 3.20. The lowest BCUT2D eigenvalue weighted by atomic mass is 9.85. The Hall–Kier alpha value is -1.85. The Morgan fingerprint density at radius 1 is 1.43 bits per heavy atom. The van der Waals surface area contributed by atoms with Crippen molar-refractivity contribution in [3.63, 3.8) is 0 Å². The number of rotatable bonds is 3. The van der Waals surface area contributed by atoms with Crippen molar-refractivity contribution < 1.29 is 9.32 Å². The van der Waals surface area contributed by atoms with Crippen LogP contribution in [0.25, 0.3) is 0 Å². The standard InChI is InChI=1S/C17H26N4O2/c1-11-9-12(23-20-11)10-14(22)21-8-6-7-13(21)15-18-16(2,3)17(4,5)19-15/h9,13H,6-8,10H2,1-5H3,(H,18,19). The second-order valence-electron chi connectivity index (χ2n) is 7.66. The molecule has 1 saturated heterocycles. The van der Waals surface area contributed by atoms with Crippen LogP contribution in [0.3, 0.4) is 0 Å². The van der Waals surface area contributed by atoms with Gasteiger partial charge in [-0.3, -0.25) is 9.79 Å². The van der Waals surface area contributed by atoms with Gasteiger partial charge in [0.2, 0.25) is 5.91 Å². The molecule has 2 aliphatic rings. The van der Waals surface area contributed by atoms with E-state index in [1.165, 1.54) is 0 Å². The first kappa shape index (κ1) is 16.0. The molecule has 6 nitrogen and oxygen atoms in total. The molecule has 0 bridgehead atoms. The third kappa shape index (κ3) is 2.86. The molecule has 1 aromatic heterocycles. The van der Waals surface area contributed by atoms with Crippen molar-refractivity contribution in [2.24, 2.45) is 4.99 Å². The predicted molar refractivity (Wildman–Crippen MR) is 88.4 cm³/mol. The molecule has 1 aromatic rings. The van der Waals surface area contributed by atoms with E-state index < -0.39 is 0 Å². The number of likely N-dealkylation sites (tertiary alicyclic amines) is 1. The number of aryl methyl sites for hydroxylation is 1. The second kappa shape index (κ2) is 5.35. The Labute approximate surface area is 137 Å². The Bertz CT molecular complexity index is 645. The number of carbonyl (C=O) groups excluding carboxylic acids is 1. The molecular formula is C17H26N4O2. The fraction of sp³-hybridized carbons (Fsp3) is 0.706. The number of aromatic nitrogens is 1. The first-order chi connectivity index (χ1) is 10.7. The van der Waals surface area contributed by atoms with Crippen molar-refractivity contribution in [3.8, 4) is 0 Å². The van der Waals surface area contributed by atoms with Crippen LogP contribution in [0, 0.1) is 6.92 Å². The number of hydrogen-bond donors (Lipinski definition) is 1. The van der Waals surface area contributed by atoms with E-state index in [0.29, 0.717) is 5.76 Å². The molecule has 1 unspecified atom stereocenters. The van der Waals surface area contributed by atoms with E-state index in [9.17, 15) is 4.79 Å². The maximum absolute atomic E-state index is 12.7. The quantitative estimate of drug-likeness (QED) is 0.926. The van der Waals surface area contributed by atoms with Gasteiger partial charge in [0.1, 0.15) is 11.6 Å². The SMILES string of the molecule is Cc1cc(CC(=O)N2CCCC2C2=NC(C)(C)C(C)(C)N2)on1. The van der Waals surface area contributed by atoms with E-state index in [2.05, 4.69) is 38.2 Å². The zero-order valence-electron chi connectivity index (χ0n) is 14.6. The Kier molecular flexibility index (Phi) is 3.73. The van der Waals surface area contributed by atoms with Gasteiger partial charge in [-0.1, -0.05) is 5.16 Å². The van der Waals surface area contributed by atoms with E-state index >= 15 is 0 Å². The highest BCUT2D eigenvalue weighted by atomic mass is 16.5. The lowest BCUT2D eigenvalue weighted by Gasteiger charge is -2.33. The highest BCUT2D eigenvalue weighted by Crippen LogP contribution is 2.33. The molecule has 3 heterocycles. The third-order valence-corrected chi connectivity index (χ3v) is 5.26. The van der Waals surface area contributed by atoms with Gasteiger partial charge >= 0.3 is 0 Å². The number of aliphatic imine (C=N–C) groups is 1. The summed E-state index contributed by atoms with van der Waals surface area (Å²) < 4.78 is 5.18. The molecule has 0 saturated carbocycles. The first-order valence-electron chi connectivity index (χ1n) is 8.29.